The van der Waals surface area contributed by atoms with Crippen molar-refractivity contribution >= 4 is 23.2 Å². The summed E-state index contributed by atoms with van der Waals surface area (Å²) in [5, 5.41) is 13.7. The van der Waals surface area contributed by atoms with Gasteiger partial charge in [-0.2, -0.15) is 0 Å². The molecule has 18 heavy (non-hydrogen) atoms. The Morgan fingerprint density at radius 3 is 2.83 bits per heavy atom. The topological polar surface area (TPSA) is 66.4 Å². The van der Waals surface area contributed by atoms with Crippen molar-refractivity contribution in [2.75, 3.05) is 0 Å². The molecule has 0 unspecified atom stereocenters. The molecule has 0 aliphatic heterocycles. The van der Waals surface area contributed by atoms with E-state index < -0.39 is 5.97 Å². The molecular formula is C13H17NO3S. The summed E-state index contributed by atoms with van der Waals surface area (Å²) in [5.41, 5.74) is 0. The van der Waals surface area contributed by atoms with Gasteiger partial charge in [0.15, 0.2) is 0 Å². The predicted molar refractivity (Wildman–Crippen MR) is 69.8 cm³/mol. The highest BCUT2D eigenvalue weighted by Crippen LogP contribution is 2.27. The van der Waals surface area contributed by atoms with Crippen molar-refractivity contribution in [2.45, 2.75) is 38.1 Å². The number of aliphatic carboxylic acids is 1. The van der Waals surface area contributed by atoms with Crippen LogP contribution in [0.15, 0.2) is 17.5 Å². The number of amides is 1. The number of hydrogen-bond acceptors (Lipinski definition) is 3. The molecule has 2 N–H and O–H groups in total. The maximum absolute atomic E-state index is 12.0. The van der Waals surface area contributed by atoms with E-state index >= 15 is 0 Å². The monoisotopic (exact) mass is 267 g/mol. The van der Waals surface area contributed by atoms with E-state index in [9.17, 15) is 9.59 Å². The third-order valence-electron chi connectivity index (χ3n) is 3.41. The van der Waals surface area contributed by atoms with Crippen molar-refractivity contribution in [1.29, 1.82) is 0 Å². The summed E-state index contributed by atoms with van der Waals surface area (Å²) in [6.45, 7) is 0. The molecule has 2 atom stereocenters. The summed E-state index contributed by atoms with van der Waals surface area (Å²) in [5.74, 6) is -0.787. The fraction of sp³-hybridized carbons (Fsp3) is 0.538. The lowest BCUT2D eigenvalue weighted by molar-refractivity contribution is -0.138. The van der Waals surface area contributed by atoms with Gasteiger partial charge in [-0.3, -0.25) is 9.59 Å². The first-order valence-corrected chi connectivity index (χ1v) is 7.11. The molecule has 1 aromatic heterocycles. The third-order valence-corrected chi connectivity index (χ3v) is 4.28. The molecule has 98 valence electrons. The first-order chi connectivity index (χ1) is 8.66. The van der Waals surface area contributed by atoms with Crippen molar-refractivity contribution in [3.63, 3.8) is 0 Å². The van der Waals surface area contributed by atoms with Crippen molar-refractivity contribution in [3.05, 3.63) is 22.4 Å². The summed E-state index contributed by atoms with van der Waals surface area (Å²) in [7, 11) is 0. The van der Waals surface area contributed by atoms with Crippen LogP contribution in [0.4, 0.5) is 0 Å². The van der Waals surface area contributed by atoms with Crippen LogP contribution >= 0.6 is 11.3 Å². The second-order valence-electron chi connectivity index (χ2n) is 4.70. The molecule has 0 radical (unpaired) electrons. The smallest absolute Gasteiger partial charge is 0.303 e. The Bertz CT molecular complexity index is 416. The number of hydrogen-bond donors (Lipinski definition) is 2. The van der Waals surface area contributed by atoms with Crippen molar-refractivity contribution in [2.24, 2.45) is 5.92 Å². The van der Waals surface area contributed by atoms with Gasteiger partial charge in [0.25, 0.3) is 5.91 Å². The van der Waals surface area contributed by atoms with Crippen LogP contribution in [0.25, 0.3) is 0 Å². The van der Waals surface area contributed by atoms with E-state index in [2.05, 4.69) is 5.32 Å². The molecule has 0 aromatic carbocycles. The van der Waals surface area contributed by atoms with Gasteiger partial charge in [-0.1, -0.05) is 18.9 Å². The lowest BCUT2D eigenvalue weighted by Gasteiger charge is -2.31. The number of carbonyl (C=O) groups excluding carboxylic acids is 1. The van der Waals surface area contributed by atoms with E-state index in [4.69, 9.17) is 5.11 Å². The number of carboxylic acid groups (broad SMARTS) is 1. The van der Waals surface area contributed by atoms with Gasteiger partial charge in [0, 0.05) is 6.04 Å². The third kappa shape index (κ3) is 3.32. The van der Waals surface area contributed by atoms with Crippen LogP contribution < -0.4 is 5.32 Å². The number of rotatable bonds is 4. The van der Waals surface area contributed by atoms with E-state index in [1.54, 1.807) is 6.07 Å². The molecule has 1 saturated carbocycles. The minimum absolute atomic E-state index is 0.00412. The van der Waals surface area contributed by atoms with Gasteiger partial charge in [-0.15, -0.1) is 11.3 Å². The zero-order valence-electron chi connectivity index (χ0n) is 10.1. The molecule has 1 aliphatic carbocycles. The second-order valence-corrected chi connectivity index (χ2v) is 5.65. The minimum Gasteiger partial charge on any atom is -0.481 e. The van der Waals surface area contributed by atoms with Crippen molar-refractivity contribution in [3.8, 4) is 0 Å². The Morgan fingerprint density at radius 2 is 2.17 bits per heavy atom. The van der Waals surface area contributed by atoms with Crippen molar-refractivity contribution < 1.29 is 14.7 Å². The maximum atomic E-state index is 12.0. The molecule has 1 fully saturated rings. The average Bonchev–Trinajstić information content (AvgIpc) is 2.84. The summed E-state index contributed by atoms with van der Waals surface area (Å²) < 4.78 is 0. The maximum Gasteiger partial charge on any atom is 0.303 e. The van der Waals surface area contributed by atoms with Crippen LogP contribution in [-0.2, 0) is 4.79 Å². The molecule has 0 bridgehead atoms. The molecule has 5 heteroatoms. The molecule has 2 rings (SSSR count). The summed E-state index contributed by atoms with van der Waals surface area (Å²) >= 11 is 1.41. The molecule has 0 spiro atoms. The molecule has 1 aliphatic rings. The predicted octanol–water partition coefficient (Wildman–Crippen LogP) is 2.51. The highest BCUT2D eigenvalue weighted by Gasteiger charge is 2.28. The second kappa shape index (κ2) is 6.00. The van der Waals surface area contributed by atoms with E-state index in [1.165, 1.54) is 11.3 Å². The van der Waals surface area contributed by atoms with Crippen LogP contribution in [-0.4, -0.2) is 23.0 Å². The first-order valence-electron chi connectivity index (χ1n) is 6.23. The highest BCUT2D eigenvalue weighted by atomic mass is 32.1. The lowest BCUT2D eigenvalue weighted by atomic mass is 9.82. The number of thiophene rings is 1. The average molecular weight is 267 g/mol. The van der Waals surface area contributed by atoms with Crippen LogP contribution in [0, 0.1) is 5.92 Å². The van der Waals surface area contributed by atoms with Crippen molar-refractivity contribution in [1.82, 2.24) is 5.32 Å². The van der Waals surface area contributed by atoms with E-state index in [0.717, 1.165) is 25.7 Å². The Morgan fingerprint density at radius 1 is 1.39 bits per heavy atom. The zero-order valence-corrected chi connectivity index (χ0v) is 10.9. The van der Waals surface area contributed by atoms with Gasteiger partial charge in [-0.25, -0.2) is 0 Å². The largest absolute Gasteiger partial charge is 0.481 e. The van der Waals surface area contributed by atoms with Crippen LogP contribution in [0.2, 0.25) is 0 Å². The quantitative estimate of drug-likeness (QED) is 0.881. The fourth-order valence-electron chi connectivity index (χ4n) is 2.51. The van der Waals surface area contributed by atoms with Gasteiger partial charge >= 0.3 is 5.97 Å². The number of nitrogens with one attached hydrogen (secondary N) is 1. The Balaban J connectivity index is 1.97. The van der Waals surface area contributed by atoms with Gasteiger partial charge in [0.1, 0.15) is 0 Å². The first kappa shape index (κ1) is 13.1. The normalized spacial score (nSPS) is 23.6. The van der Waals surface area contributed by atoms with Crippen LogP contribution in [0.1, 0.15) is 41.8 Å². The highest BCUT2D eigenvalue weighted by molar-refractivity contribution is 7.12. The Kier molecular flexibility index (Phi) is 4.36. The SMILES string of the molecule is O=C(O)C[C@@H]1CCCC[C@@H]1NC(=O)c1cccs1. The van der Waals surface area contributed by atoms with Gasteiger partial charge in [0.05, 0.1) is 11.3 Å². The Labute approximate surface area is 110 Å². The number of carbonyl (C=O) groups is 2. The van der Waals surface area contributed by atoms with Crippen LogP contribution in [0.5, 0.6) is 0 Å². The molecule has 4 nitrogen and oxygen atoms in total. The van der Waals surface area contributed by atoms with E-state index in [1.807, 2.05) is 11.4 Å². The summed E-state index contributed by atoms with van der Waals surface area (Å²) in [4.78, 5) is 23.5. The minimum atomic E-state index is -0.780. The summed E-state index contributed by atoms with van der Waals surface area (Å²) in [6, 6.07) is 3.63. The van der Waals surface area contributed by atoms with E-state index in [-0.39, 0.29) is 24.3 Å². The molecule has 0 saturated heterocycles. The Hall–Kier alpha value is -1.36. The molecule has 1 amide bonds. The van der Waals surface area contributed by atoms with Crippen LogP contribution in [0.3, 0.4) is 0 Å². The molecule has 1 heterocycles. The lowest BCUT2D eigenvalue weighted by Crippen LogP contribution is -2.42. The van der Waals surface area contributed by atoms with Gasteiger partial charge < -0.3 is 10.4 Å². The fourth-order valence-corrected chi connectivity index (χ4v) is 3.14. The number of carboxylic acids is 1. The van der Waals surface area contributed by atoms with Gasteiger partial charge in [0.2, 0.25) is 0 Å². The molecule has 1 aromatic rings. The van der Waals surface area contributed by atoms with E-state index in [0.29, 0.717) is 4.88 Å². The molecular weight excluding hydrogens is 250 g/mol. The zero-order chi connectivity index (χ0) is 13.0. The summed E-state index contributed by atoms with van der Waals surface area (Å²) in [6.07, 6.45) is 4.04. The standard InChI is InChI=1S/C13H17NO3S/c15-12(16)8-9-4-1-2-5-10(9)14-13(17)11-6-3-7-18-11/h3,6-7,9-10H,1-2,4-5,8H2,(H,14,17)(H,15,16)/t9-,10-/m0/s1. The van der Waals surface area contributed by atoms with Gasteiger partial charge in [-0.05, 0) is 30.2 Å².